The molecule has 0 aromatic rings. The summed E-state index contributed by atoms with van der Waals surface area (Å²) in [6, 6.07) is 0. The van der Waals surface area contributed by atoms with E-state index in [0.29, 0.717) is 0 Å². The van der Waals surface area contributed by atoms with Crippen molar-refractivity contribution >= 4 is 5.97 Å². The molecule has 0 aliphatic heterocycles. The maximum Gasteiger partial charge on any atom is 0.330 e. The Balaban J connectivity index is 0.000000411. The lowest BCUT2D eigenvalue weighted by Crippen LogP contribution is -2.00. The zero-order valence-electron chi connectivity index (χ0n) is 12.2. The van der Waals surface area contributed by atoms with E-state index in [9.17, 15) is 4.79 Å². The van der Waals surface area contributed by atoms with E-state index in [4.69, 9.17) is 5.11 Å². The Hall–Kier alpha value is -0.790. The molecule has 2 heteroatoms. The molecule has 18 heavy (non-hydrogen) atoms. The summed E-state index contributed by atoms with van der Waals surface area (Å²) in [7, 11) is 0. The molecule has 106 valence electrons. The highest BCUT2D eigenvalue weighted by Crippen LogP contribution is 2.23. The monoisotopic (exact) mass is 254 g/mol. The molecule has 1 N–H and O–H groups in total. The highest BCUT2D eigenvalue weighted by molar-refractivity contribution is 5.84. The van der Waals surface area contributed by atoms with Gasteiger partial charge in [0, 0.05) is 5.57 Å². The minimum absolute atomic E-state index is 0.176. The third kappa shape index (κ3) is 10.4. The average Bonchev–Trinajstić information content (AvgIpc) is 2.36. The summed E-state index contributed by atoms with van der Waals surface area (Å²) >= 11 is 0. The third-order valence-electron chi connectivity index (χ3n) is 3.67. The van der Waals surface area contributed by atoms with Crippen LogP contribution in [-0.4, -0.2) is 11.1 Å². The van der Waals surface area contributed by atoms with E-state index >= 15 is 0 Å². The van der Waals surface area contributed by atoms with Crippen LogP contribution >= 0.6 is 0 Å². The molecule has 0 spiro atoms. The van der Waals surface area contributed by atoms with Crippen LogP contribution in [0.1, 0.15) is 78.1 Å². The molecule has 2 nitrogen and oxygen atoms in total. The first-order valence-corrected chi connectivity index (χ1v) is 7.46. The number of carboxylic acid groups (broad SMARTS) is 1. The fourth-order valence-corrected chi connectivity index (χ4v) is 2.30. The maximum absolute atomic E-state index is 9.60. The Labute approximate surface area is 112 Å². The number of aliphatic carboxylic acids is 1. The van der Waals surface area contributed by atoms with Crippen molar-refractivity contribution in [3.8, 4) is 0 Å². The molecule has 0 aromatic carbocycles. The largest absolute Gasteiger partial charge is 0.478 e. The van der Waals surface area contributed by atoms with E-state index in [1.165, 1.54) is 71.1 Å². The van der Waals surface area contributed by atoms with Crippen molar-refractivity contribution in [2.45, 2.75) is 78.1 Å². The van der Waals surface area contributed by atoms with Crippen molar-refractivity contribution in [3.05, 3.63) is 12.2 Å². The van der Waals surface area contributed by atoms with Gasteiger partial charge in [0.25, 0.3) is 0 Å². The van der Waals surface area contributed by atoms with Crippen LogP contribution in [0.25, 0.3) is 0 Å². The maximum atomic E-state index is 9.60. The van der Waals surface area contributed by atoms with Crippen LogP contribution in [0.4, 0.5) is 0 Å². The van der Waals surface area contributed by atoms with Crippen molar-refractivity contribution in [1.82, 2.24) is 0 Å². The minimum atomic E-state index is -0.935. The average molecular weight is 254 g/mol. The molecule has 0 aromatic heterocycles. The molecule has 1 fully saturated rings. The smallest absolute Gasteiger partial charge is 0.330 e. The number of hydrogen-bond donors (Lipinski definition) is 1. The van der Waals surface area contributed by atoms with Crippen molar-refractivity contribution in [1.29, 1.82) is 0 Å². The van der Waals surface area contributed by atoms with Gasteiger partial charge in [-0.2, -0.15) is 0 Å². The van der Waals surface area contributed by atoms with Gasteiger partial charge in [-0.1, -0.05) is 77.7 Å². The summed E-state index contributed by atoms with van der Waals surface area (Å²) in [5, 5.41) is 7.89. The van der Waals surface area contributed by atoms with Gasteiger partial charge >= 0.3 is 5.97 Å². The number of carbonyl (C=O) groups is 1. The van der Waals surface area contributed by atoms with E-state index < -0.39 is 5.97 Å². The summed E-state index contributed by atoms with van der Waals surface area (Å²) in [5.74, 6) is 0.123. The number of hydrogen-bond acceptors (Lipinski definition) is 1. The quantitative estimate of drug-likeness (QED) is 0.689. The Bertz CT molecular complexity index is 211. The molecule has 0 radical (unpaired) electrons. The molecule has 1 rings (SSSR count). The lowest BCUT2D eigenvalue weighted by Gasteiger charge is -2.16. The SMILES string of the molecule is C=C(C)C(=O)O.CCC1CCCCCCCCC1. The highest BCUT2D eigenvalue weighted by atomic mass is 16.4. The highest BCUT2D eigenvalue weighted by Gasteiger charge is 2.06. The molecular weight excluding hydrogens is 224 g/mol. The fourth-order valence-electron chi connectivity index (χ4n) is 2.30. The van der Waals surface area contributed by atoms with E-state index in [0.717, 1.165) is 5.92 Å². The van der Waals surface area contributed by atoms with Gasteiger partial charge in [0.1, 0.15) is 0 Å². The molecule has 1 aliphatic carbocycles. The van der Waals surface area contributed by atoms with E-state index in [1.54, 1.807) is 0 Å². The van der Waals surface area contributed by atoms with Crippen LogP contribution in [-0.2, 0) is 4.79 Å². The second-order valence-corrected chi connectivity index (χ2v) is 5.41. The topological polar surface area (TPSA) is 37.3 Å². The summed E-state index contributed by atoms with van der Waals surface area (Å²) in [5.41, 5.74) is 0.176. The molecule has 0 bridgehead atoms. The Morgan fingerprint density at radius 1 is 1.06 bits per heavy atom. The van der Waals surface area contributed by atoms with Crippen molar-refractivity contribution in [3.63, 3.8) is 0 Å². The van der Waals surface area contributed by atoms with Crippen LogP contribution in [0.15, 0.2) is 12.2 Å². The minimum Gasteiger partial charge on any atom is -0.478 e. The first-order chi connectivity index (χ1) is 8.57. The van der Waals surface area contributed by atoms with Gasteiger partial charge in [0.2, 0.25) is 0 Å². The van der Waals surface area contributed by atoms with E-state index in [1.807, 2.05) is 0 Å². The van der Waals surface area contributed by atoms with Crippen LogP contribution in [0.3, 0.4) is 0 Å². The van der Waals surface area contributed by atoms with E-state index in [2.05, 4.69) is 13.5 Å². The number of rotatable bonds is 2. The van der Waals surface area contributed by atoms with Crippen molar-refractivity contribution in [2.24, 2.45) is 5.92 Å². The van der Waals surface area contributed by atoms with Gasteiger partial charge in [0.05, 0.1) is 0 Å². The first-order valence-electron chi connectivity index (χ1n) is 7.46. The molecule has 1 saturated carbocycles. The zero-order valence-corrected chi connectivity index (χ0v) is 12.2. The molecule has 0 saturated heterocycles. The standard InChI is InChI=1S/C12H24.C4H6O2/c1-2-12-10-8-6-4-3-5-7-9-11-12;1-3(2)4(5)6/h12H,2-11H2,1H3;1H2,2H3,(H,5,6). The summed E-state index contributed by atoms with van der Waals surface area (Å²) in [6.45, 7) is 6.96. The second kappa shape index (κ2) is 11.3. The van der Waals surface area contributed by atoms with Crippen LogP contribution in [0, 0.1) is 5.92 Å². The molecule has 0 atom stereocenters. The van der Waals surface area contributed by atoms with Gasteiger partial charge in [-0.15, -0.1) is 0 Å². The van der Waals surface area contributed by atoms with Gasteiger partial charge in [-0.05, 0) is 12.8 Å². The van der Waals surface area contributed by atoms with Crippen molar-refractivity contribution in [2.75, 3.05) is 0 Å². The molecule has 1 aliphatic rings. The summed E-state index contributed by atoms with van der Waals surface area (Å²) in [6.07, 6.45) is 14.9. The van der Waals surface area contributed by atoms with Gasteiger partial charge < -0.3 is 5.11 Å². The molecule has 0 amide bonds. The third-order valence-corrected chi connectivity index (χ3v) is 3.67. The van der Waals surface area contributed by atoms with Crippen LogP contribution in [0.2, 0.25) is 0 Å². The van der Waals surface area contributed by atoms with Crippen LogP contribution in [0.5, 0.6) is 0 Å². The zero-order chi connectivity index (χ0) is 13.8. The predicted octanol–water partition coefficient (Wildman–Crippen LogP) is 5.18. The number of carboxylic acids is 1. The lowest BCUT2D eigenvalue weighted by atomic mass is 9.91. The van der Waals surface area contributed by atoms with Gasteiger partial charge in [-0.25, -0.2) is 4.79 Å². The Morgan fingerprint density at radius 3 is 1.67 bits per heavy atom. The lowest BCUT2D eigenvalue weighted by molar-refractivity contribution is -0.132. The fraction of sp³-hybridized carbons (Fsp3) is 0.812. The van der Waals surface area contributed by atoms with Crippen LogP contribution < -0.4 is 0 Å². The van der Waals surface area contributed by atoms with Gasteiger partial charge in [0.15, 0.2) is 0 Å². The van der Waals surface area contributed by atoms with Crippen molar-refractivity contribution < 1.29 is 9.90 Å². The molecule has 0 unspecified atom stereocenters. The Kier molecular flexibility index (Phi) is 10.8. The summed E-state index contributed by atoms with van der Waals surface area (Å²) < 4.78 is 0. The predicted molar refractivity (Wildman–Crippen MR) is 77.8 cm³/mol. The first kappa shape index (κ1) is 17.2. The Morgan fingerprint density at radius 2 is 1.39 bits per heavy atom. The second-order valence-electron chi connectivity index (χ2n) is 5.41. The van der Waals surface area contributed by atoms with E-state index in [-0.39, 0.29) is 5.57 Å². The van der Waals surface area contributed by atoms with Gasteiger partial charge in [-0.3, -0.25) is 0 Å². The molecule has 0 heterocycles. The normalized spacial score (nSPS) is 18.3. The summed E-state index contributed by atoms with van der Waals surface area (Å²) in [4.78, 5) is 9.60. The molecular formula is C16H30O2.